The molecule has 2 amide bonds. The molecule has 0 spiro atoms. The van der Waals surface area contributed by atoms with E-state index in [0.29, 0.717) is 0 Å². The third kappa shape index (κ3) is 5.60. The largest absolute Gasteiger partial charge is 0.445 e. The summed E-state index contributed by atoms with van der Waals surface area (Å²) >= 11 is 1.71. The van der Waals surface area contributed by atoms with Crippen LogP contribution >= 0.6 is 11.3 Å². The average molecular weight is 360 g/mol. The topological polar surface area (TPSA) is 67.4 Å². The molecule has 2 N–H and O–H groups in total. The summed E-state index contributed by atoms with van der Waals surface area (Å²) in [5.74, 6) is -0.243. The molecule has 0 aliphatic rings. The molecule has 6 heteroatoms. The minimum absolute atomic E-state index is 0.109. The summed E-state index contributed by atoms with van der Waals surface area (Å²) in [6.07, 6.45) is -0.610. The van der Waals surface area contributed by atoms with Gasteiger partial charge in [-0.1, -0.05) is 30.3 Å². The van der Waals surface area contributed by atoms with Crippen molar-refractivity contribution >= 4 is 23.3 Å². The first-order valence-corrected chi connectivity index (χ1v) is 9.03. The molecule has 0 fully saturated rings. The Morgan fingerprint density at radius 3 is 2.40 bits per heavy atom. The van der Waals surface area contributed by atoms with Crippen molar-refractivity contribution in [2.24, 2.45) is 0 Å². The number of ether oxygens (including phenoxy) is 1. The monoisotopic (exact) mass is 360 g/mol. The Morgan fingerprint density at radius 1 is 1.12 bits per heavy atom. The minimum Gasteiger partial charge on any atom is -0.445 e. The first-order valence-electron chi connectivity index (χ1n) is 8.21. The molecule has 1 heterocycles. The van der Waals surface area contributed by atoms with Crippen molar-refractivity contribution in [2.45, 2.75) is 46.4 Å². The van der Waals surface area contributed by atoms with Gasteiger partial charge in [0.2, 0.25) is 5.91 Å². The smallest absolute Gasteiger partial charge is 0.408 e. The molecule has 0 aliphatic carbocycles. The van der Waals surface area contributed by atoms with Crippen LogP contribution in [0, 0.1) is 13.8 Å². The summed E-state index contributed by atoms with van der Waals surface area (Å²) in [7, 11) is 0. The summed E-state index contributed by atoms with van der Waals surface area (Å²) in [5, 5.41) is 5.48. The van der Waals surface area contributed by atoms with Crippen molar-refractivity contribution in [1.82, 2.24) is 10.6 Å². The van der Waals surface area contributed by atoms with Crippen LogP contribution in [-0.2, 0) is 16.1 Å². The van der Waals surface area contributed by atoms with Gasteiger partial charge in [-0.3, -0.25) is 4.79 Å². The molecule has 0 aliphatic heterocycles. The second kappa shape index (κ2) is 8.67. The molecule has 0 bridgehead atoms. The molecule has 2 aromatic rings. The van der Waals surface area contributed by atoms with Crippen LogP contribution in [0.25, 0.3) is 0 Å². The lowest BCUT2D eigenvalue weighted by molar-refractivity contribution is -0.123. The maximum atomic E-state index is 12.3. The van der Waals surface area contributed by atoms with Gasteiger partial charge in [0.25, 0.3) is 0 Å². The number of carbonyl (C=O) groups excluding carboxylic acids is 2. The normalized spacial score (nSPS) is 13.0. The highest BCUT2D eigenvalue weighted by Gasteiger charge is 2.20. The molecule has 134 valence electrons. The molecular formula is C19H24N2O3S. The van der Waals surface area contributed by atoms with E-state index in [2.05, 4.69) is 16.7 Å². The predicted octanol–water partition coefficient (Wildman–Crippen LogP) is 3.86. The second-order valence-electron chi connectivity index (χ2n) is 6.03. The van der Waals surface area contributed by atoms with E-state index in [9.17, 15) is 9.59 Å². The molecule has 0 unspecified atom stereocenters. The van der Waals surface area contributed by atoms with Crippen LogP contribution in [0.2, 0.25) is 0 Å². The van der Waals surface area contributed by atoms with Crippen molar-refractivity contribution in [3.63, 3.8) is 0 Å². The summed E-state index contributed by atoms with van der Waals surface area (Å²) in [6, 6.07) is 10.7. The Labute approximate surface area is 152 Å². The predicted molar refractivity (Wildman–Crippen MR) is 99.6 cm³/mol. The number of nitrogens with one attached hydrogen (secondary N) is 2. The number of carbonyl (C=O) groups is 2. The van der Waals surface area contributed by atoms with Gasteiger partial charge < -0.3 is 15.4 Å². The zero-order valence-electron chi connectivity index (χ0n) is 15.0. The highest BCUT2D eigenvalue weighted by Crippen LogP contribution is 2.26. The number of benzene rings is 1. The van der Waals surface area contributed by atoms with Gasteiger partial charge >= 0.3 is 6.09 Å². The van der Waals surface area contributed by atoms with Crippen molar-refractivity contribution in [2.75, 3.05) is 0 Å². The molecule has 25 heavy (non-hydrogen) atoms. The van der Waals surface area contributed by atoms with Gasteiger partial charge in [0.05, 0.1) is 6.04 Å². The lowest BCUT2D eigenvalue weighted by Gasteiger charge is -2.18. The van der Waals surface area contributed by atoms with Gasteiger partial charge in [-0.25, -0.2) is 4.79 Å². The maximum absolute atomic E-state index is 12.3. The number of alkyl carbamates (subject to hydrolysis) is 1. The van der Waals surface area contributed by atoms with Crippen molar-refractivity contribution in [3.05, 3.63) is 57.3 Å². The van der Waals surface area contributed by atoms with E-state index in [1.165, 1.54) is 9.75 Å². The zero-order chi connectivity index (χ0) is 18.4. The van der Waals surface area contributed by atoms with Crippen LogP contribution in [0.4, 0.5) is 4.79 Å². The maximum Gasteiger partial charge on any atom is 0.408 e. The van der Waals surface area contributed by atoms with Gasteiger partial charge in [-0.05, 0) is 44.9 Å². The van der Waals surface area contributed by atoms with Crippen LogP contribution in [0.15, 0.2) is 36.4 Å². The Hall–Kier alpha value is -2.34. The molecular weight excluding hydrogens is 336 g/mol. The van der Waals surface area contributed by atoms with Crippen LogP contribution in [0.1, 0.15) is 40.8 Å². The average Bonchev–Trinajstić information content (AvgIpc) is 2.92. The molecule has 2 rings (SSSR count). The molecule has 1 aromatic heterocycles. The number of hydrogen-bond donors (Lipinski definition) is 2. The highest BCUT2D eigenvalue weighted by atomic mass is 32.1. The fraction of sp³-hybridized carbons (Fsp3) is 0.368. The van der Waals surface area contributed by atoms with Gasteiger partial charge in [-0.2, -0.15) is 0 Å². The first kappa shape index (κ1) is 19.0. The van der Waals surface area contributed by atoms with Crippen molar-refractivity contribution in [1.29, 1.82) is 0 Å². The van der Waals surface area contributed by atoms with Gasteiger partial charge in [-0.15, -0.1) is 11.3 Å². The molecule has 0 saturated carbocycles. The second-order valence-corrected chi connectivity index (χ2v) is 7.49. The van der Waals surface area contributed by atoms with E-state index >= 15 is 0 Å². The lowest BCUT2D eigenvalue weighted by Crippen LogP contribution is -2.45. The van der Waals surface area contributed by atoms with Gasteiger partial charge in [0.15, 0.2) is 0 Å². The molecule has 1 aromatic carbocycles. The first-order chi connectivity index (χ1) is 11.9. The van der Waals surface area contributed by atoms with Crippen molar-refractivity contribution in [3.8, 4) is 0 Å². The van der Waals surface area contributed by atoms with E-state index in [1.807, 2.05) is 51.1 Å². The molecule has 0 saturated heterocycles. The lowest BCUT2D eigenvalue weighted by atomic mass is 10.1. The Balaban J connectivity index is 1.81. The molecule has 0 radical (unpaired) electrons. The zero-order valence-corrected chi connectivity index (χ0v) is 15.8. The van der Waals surface area contributed by atoms with E-state index in [-0.39, 0.29) is 18.6 Å². The Morgan fingerprint density at radius 2 is 1.80 bits per heavy atom. The summed E-state index contributed by atoms with van der Waals surface area (Å²) in [4.78, 5) is 26.5. The number of rotatable bonds is 6. The van der Waals surface area contributed by atoms with Crippen LogP contribution in [0.5, 0.6) is 0 Å². The molecule has 5 nitrogen and oxygen atoms in total. The number of hydrogen-bond acceptors (Lipinski definition) is 4. The third-order valence-electron chi connectivity index (χ3n) is 3.85. The van der Waals surface area contributed by atoms with Crippen molar-refractivity contribution < 1.29 is 14.3 Å². The van der Waals surface area contributed by atoms with E-state index < -0.39 is 12.1 Å². The highest BCUT2D eigenvalue weighted by molar-refractivity contribution is 7.12. The summed E-state index contributed by atoms with van der Waals surface area (Å²) in [5.41, 5.74) is 2.00. The number of aryl methyl sites for hydroxylation is 2. The Bertz CT molecular complexity index is 728. The van der Waals surface area contributed by atoms with E-state index in [1.54, 1.807) is 18.3 Å². The molecule has 2 atom stereocenters. The van der Waals surface area contributed by atoms with E-state index in [0.717, 1.165) is 11.1 Å². The summed E-state index contributed by atoms with van der Waals surface area (Å²) < 4.78 is 5.13. The fourth-order valence-electron chi connectivity index (χ4n) is 2.50. The SMILES string of the molecule is Cc1cc([C@@H](C)NC(=O)[C@H](C)NC(=O)OCc2ccccc2)c(C)s1. The van der Waals surface area contributed by atoms with Crippen LogP contribution < -0.4 is 10.6 Å². The Kier molecular flexibility index (Phi) is 6.58. The number of amides is 2. The minimum atomic E-state index is -0.675. The van der Waals surface area contributed by atoms with Gasteiger partial charge in [0, 0.05) is 9.75 Å². The standard InChI is InChI=1S/C19H24N2O3S/c1-12-10-17(15(4)25-12)13(2)20-18(22)14(3)21-19(23)24-11-16-8-6-5-7-9-16/h5-10,13-14H,11H2,1-4H3,(H,20,22)(H,21,23)/t13-,14+/m1/s1. The van der Waals surface area contributed by atoms with Gasteiger partial charge in [0.1, 0.15) is 12.6 Å². The van der Waals surface area contributed by atoms with Crippen LogP contribution in [0.3, 0.4) is 0 Å². The van der Waals surface area contributed by atoms with Crippen LogP contribution in [-0.4, -0.2) is 18.0 Å². The fourth-order valence-corrected chi connectivity index (χ4v) is 3.53. The summed E-state index contributed by atoms with van der Waals surface area (Å²) in [6.45, 7) is 7.83. The number of thiophene rings is 1. The third-order valence-corrected chi connectivity index (χ3v) is 4.83. The van der Waals surface area contributed by atoms with E-state index in [4.69, 9.17) is 4.74 Å². The quantitative estimate of drug-likeness (QED) is 0.822.